The van der Waals surface area contributed by atoms with E-state index in [1.165, 1.54) is 6.07 Å². The molecule has 0 saturated heterocycles. The van der Waals surface area contributed by atoms with E-state index in [0.29, 0.717) is 12.3 Å². The lowest BCUT2D eigenvalue weighted by Crippen LogP contribution is -2.26. The van der Waals surface area contributed by atoms with Gasteiger partial charge in [-0.25, -0.2) is 4.39 Å². The topological polar surface area (TPSA) is 21.3 Å². The molecule has 3 heteroatoms. The number of rotatable bonds is 4. The maximum absolute atomic E-state index is 13.0. The smallest absolute Gasteiger partial charge is 0.165 e. The minimum atomic E-state index is -0.314. The van der Waals surface area contributed by atoms with Crippen molar-refractivity contribution in [2.24, 2.45) is 0 Å². The molecule has 0 aliphatic rings. The van der Waals surface area contributed by atoms with Gasteiger partial charge in [0.05, 0.1) is 0 Å². The molecule has 0 radical (unpaired) electrons. The van der Waals surface area contributed by atoms with Crippen LogP contribution in [-0.2, 0) is 0 Å². The Balaban J connectivity index is 2.58. The van der Waals surface area contributed by atoms with Crippen molar-refractivity contribution >= 4 is 0 Å². The maximum Gasteiger partial charge on any atom is 0.165 e. The minimum absolute atomic E-state index is 0.0260. The molecule has 1 atom stereocenters. The highest BCUT2D eigenvalue weighted by molar-refractivity contribution is 5.23. The minimum Gasteiger partial charge on any atom is -0.486 e. The number of halogens is 1. The van der Waals surface area contributed by atoms with E-state index in [9.17, 15) is 4.39 Å². The third-order valence-corrected chi connectivity index (χ3v) is 1.66. The van der Waals surface area contributed by atoms with Crippen molar-refractivity contribution in [3.05, 3.63) is 30.1 Å². The van der Waals surface area contributed by atoms with Crippen LogP contribution >= 0.6 is 0 Å². The van der Waals surface area contributed by atoms with E-state index in [1.807, 2.05) is 14.0 Å². The van der Waals surface area contributed by atoms with Crippen LogP contribution in [0.3, 0.4) is 0 Å². The van der Waals surface area contributed by atoms with Gasteiger partial charge in [0.25, 0.3) is 0 Å². The van der Waals surface area contributed by atoms with Gasteiger partial charge in [-0.2, -0.15) is 0 Å². The molecule has 0 aromatic heterocycles. The van der Waals surface area contributed by atoms with E-state index < -0.39 is 0 Å². The number of hydrogen-bond acceptors (Lipinski definition) is 2. The van der Waals surface area contributed by atoms with Crippen molar-refractivity contribution in [2.45, 2.75) is 13.0 Å². The third-order valence-electron chi connectivity index (χ3n) is 1.66. The molecule has 1 rings (SSSR count). The van der Waals surface area contributed by atoms with E-state index in [-0.39, 0.29) is 11.9 Å². The van der Waals surface area contributed by atoms with Crippen LogP contribution in [0.4, 0.5) is 4.39 Å². The molecule has 0 aliphatic heterocycles. The monoisotopic (exact) mass is 183 g/mol. The van der Waals surface area contributed by atoms with Crippen molar-refractivity contribution < 1.29 is 9.13 Å². The van der Waals surface area contributed by atoms with Crippen molar-refractivity contribution in [3.63, 3.8) is 0 Å². The van der Waals surface area contributed by atoms with Crippen LogP contribution in [0.25, 0.3) is 0 Å². The van der Waals surface area contributed by atoms with Gasteiger partial charge in [-0.1, -0.05) is 12.1 Å². The summed E-state index contributed by atoms with van der Waals surface area (Å²) < 4.78 is 18.4. The Hall–Kier alpha value is -1.09. The number of likely N-dealkylation sites (N-methyl/N-ethyl adjacent to an activating group) is 1. The Morgan fingerprint density at radius 2 is 2.15 bits per heavy atom. The highest BCUT2D eigenvalue weighted by atomic mass is 19.1. The molecule has 0 spiro atoms. The molecule has 13 heavy (non-hydrogen) atoms. The normalized spacial score (nSPS) is 12.5. The van der Waals surface area contributed by atoms with Crippen LogP contribution in [0.2, 0.25) is 0 Å². The first-order valence-electron chi connectivity index (χ1n) is 4.30. The first-order chi connectivity index (χ1) is 6.24. The van der Waals surface area contributed by atoms with Crippen molar-refractivity contribution in [1.82, 2.24) is 5.32 Å². The summed E-state index contributed by atoms with van der Waals surface area (Å²) in [7, 11) is 1.83. The molecule has 1 N–H and O–H groups in total. The third kappa shape index (κ3) is 3.03. The molecule has 0 amide bonds. The first-order valence-corrected chi connectivity index (χ1v) is 4.30. The zero-order valence-electron chi connectivity index (χ0n) is 7.88. The average Bonchev–Trinajstić information content (AvgIpc) is 2.09. The molecule has 72 valence electrons. The summed E-state index contributed by atoms with van der Waals surface area (Å²) in [6, 6.07) is 6.42. The standard InChI is InChI=1S/C10H14FNO/c1-8(7-12-2)13-10-6-4-3-5-9(10)11/h3-6,8,12H,7H2,1-2H3. The lowest BCUT2D eigenvalue weighted by atomic mass is 10.3. The Morgan fingerprint density at radius 3 is 2.77 bits per heavy atom. The van der Waals surface area contributed by atoms with Crippen LogP contribution in [0.1, 0.15) is 6.92 Å². The average molecular weight is 183 g/mol. The quantitative estimate of drug-likeness (QED) is 0.768. The fraction of sp³-hybridized carbons (Fsp3) is 0.400. The first kappa shape index (κ1) is 9.99. The van der Waals surface area contributed by atoms with Gasteiger partial charge in [-0.3, -0.25) is 0 Å². The van der Waals surface area contributed by atoms with Gasteiger partial charge in [0.15, 0.2) is 11.6 Å². The predicted molar refractivity (Wildman–Crippen MR) is 50.4 cm³/mol. The zero-order valence-corrected chi connectivity index (χ0v) is 7.88. The van der Waals surface area contributed by atoms with Crippen LogP contribution < -0.4 is 10.1 Å². The Kier molecular flexibility index (Phi) is 3.71. The van der Waals surface area contributed by atoms with E-state index in [4.69, 9.17) is 4.74 Å². The van der Waals surface area contributed by atoms with Crippen LogP contribution in [0.5, 0.6) is 5.75 Å². The maximum atomic E-state index is 13.0. The molecule has 0 heterocycles. The summed E-state index contributed by atoms with van der Waals surface area (Å²) in [5, 5.41) is 2.96. The van der Waals surface area contributed by atoms with Gasteiger partial charge in [0.2, 0.25) is 0 Å². The highest BCUT2D eigenvalue weighted by Gasteiger charge is 2.05. The molecule has 1 aromatic rings. The van der Waals surface area contributed by atoms with Gasteiger partial charge in [-0.05, 0) is 26.1 Å². The molecule has 0 saturated carbocycles. The Labute approximate surface area is 77.7 Å². The molecule has 0 fully saturated rings. The summed E-state index contributed by atoms with van der Waals surface area (Å²) in [5.74, 6) is -0.00398. The second-order valence-corrected chi connectivity index (χ2v) is 2.92. The Morgan fingerprint density at radius 1 is 1.46 bits per heavy atom. The van der Waals surface area contributed by atoms with Gasteiger partial charge in [0, 0.05) is 6.54 Å². The van der Waals surface area contributed by atoms with Crippen molar-refractivity contribution in [1.29, 1.82) is 0 Å². The zero-order chi connectivity index (χ0) is 9.68. The molecule has 1 unspecified atom stereocenters. The largest absolute Gasteiger partial charge is 0.486 e. The fourth-order valence-electron chi connectivity index (χ4n) is 1.09. The van der Waals surface area contributed by atoms with Gasteiger partial charge in [-0.15, -0.1) is 0 Å². The molecule has 1 aromatic carbocycles. The Bertz CT molecular complexity index is 265. The van der Waals surface area contributed by atoms with Crippen LogP contribution in [0, 0.1) is 5.82 Å². The van der Waals surface area contributed by atoms with E-state index in [0.717, 1.165) is 0 Å². The summed E-state index contributed by atoms with van der Waals surface area (Å²) in [6.45, 7) is 2.59. The second kappa shape index (κ2) is 4.82. The number of hydrogen-bond donors (Lipinski definition) is 1. The second-order valence-electron chi connectivity index (χ2n) is 2.92. The summed E-state index contributed by atoms with van der Waals surface area (Å²) in [4.78, 5) is 0. The van der Waals surface area contributed by atoms with Crippen LogP contribution in [-0.4, -0.2) is 19.7 Å². The van der Waals surface area contributed by atoms with Crippen LogP contribution in [0.15, 0.2) is 24.3 Å². The highest BCUT2D eigenvalue weighted by Crippen LogP contribution is 2.16. The number of nitrogens with one attached hydrogen (secondary N) is 1. The lowest BCUT2D eigenvalue weighted by molar-refractivity contribution is 0.211. The van der Waals surface area contributed by atoms with E-state index in [2.05, 4.69) is 5.32 Å². The number of ether oxygens (including phenoxy) is 1. The summed E-state index contributed by atoms with van der Waals surface area (Å²) in [6.07, 6.45) is -0.0260. The predicted octanol–water partition coefficient (Wildman–Crippen LogP) is 1.81. The fourth-order valence-corrected chi connectivity index (χ4v) is 1.09. The number of benzene rings is 1. The molecule has 0 bridgehead atoms. The van der Waals surface area contributed by atoms with Crippen molar-refractivity contribution in [2.75, 3.05) is 13.6 Å². The summed E-state index contributed by atoms with van der Waals surface area (Å²) >= 11 is 0. The SMILES string of the molecule is CNCC(C)Oc1ccccc1F. The van der Waals surface area contributed by atoms with Crippen molar-refractivity contribution in [3.8, 4) is 5.75 Å². The summed E-state index contributed by atoms with van der Waals surface area (Å²) in [5.41, 5.74) is 0. The van der Waals surface area contributed by atoms with E-state index >= 15 is 0 Å². The molecule has 2 nitrogen and oxygen atoms in total. The van der Waals surface area contributed by atoms with E-state index in [1.54, 1.807) is 18.2 Å². The lowest BCUT2D eigenvalue weighted by Gasteiger charge is -2.14. The van der Waals surface area contributed by atoms with Gasteiger partial charge >= 0.3 is 0 Å². The number of para-hydroxylation sites is 1. The van der Waals surface area contributed by atoms with Gasteiger partial charge < -0.3 is 10.1 Å². The molecular formula is C10H14FNO. The van der Waals surface area contributed by atoms with Gasteiger partial charge in [0.1, 0.15) is 6.10 Å². The molecular weight excluding hydrogens is 169 g/mol. The molecule has 0 aliphatic carbocycles.